The number of rotatable bonds is 36. The number of hydrogen-bond donors (Lipinski definition) is 1. The van der Waals surface area contributed by atoms with E-state index in [9.17, 15) is 9.59 Å². The van der Waals surface area contributed by atoms with Crippen LogP contribution in [0.2, 0.25) is 0 Å². The SMILES string of the molecule is CCCC/C=C\C/C=C\CCCCCCCC(=O)OC(CCCCCCCCCCCCCCC)CCCCCCCC(=O)O. The summed E-state index contributed by atoms with van der Waals surface area (Å²) < 4.78 is 6.00. The third-order valence-electron chi connectivity index (χ3n) is 8.93. The number of esters is 1. The molecule has 0 aromatic heterocycles. The molecule has 0 bridgehead atoms. The van der Waals surface area contributed by atoms with Crippen molar-refractivity contribution in [2.24, 2.45) is 0 Å². The van der Waals surface area contributed by atoms with Crippen molar-refractivity contribution in [1.29, 1.82) is 0 Å². The Bertz CT molecular complexity index is 683. The van der Waals surface area contributed by atoms with Crippen LogP contribution >= 0.6 is 0 Å². The lowest BCUT2D eigenvalue weighted by Crippen LogP contribution is -2.18. The Morgan fingerprint density at radius 2 is 0.889 bits per heavy atom. The van der Waals surface area contributed by atoms with Gasteiger partial charge in [0.2, 0.25) is 0 Å². The van der Waals surface area contributed by atoms with Crippen molar-refractivity contribution in [2.45, 2.75) is 225 Å². The summed E-state index contributed by atoms with van der Waals surface area (Å²) >= 11 is 0. The number of ether oxygens (including phenoxy) is 1. The van der Waals surface area contributed by atoms with Crippen LogP contribution in [-0.2, 0) is 14.3 Å². The molecule has 0 radical (unpaired) electrons. The van der Waals surface area contributed by atoms with Gasteiger partial charge in [0.1, 0.15) is 6.10 Å². The summed E-state index contributed by atoms with van der Waals surface area (Å²) in [4.78, 5) is 23.4. The Balaban J connectivity index is 4.06. The third-order valence-corrected chi connectivity index (χ3v) is 8.93. The van der Waals surface area contributed by atoms with Crippen LogP contribution in [0, 0.1) is 0 Å². The maximum absolute atomic E-state index is 12.7. The standard InChI is InChI=1S/C41H76O4/c1-3-5-7-9-11-13-15-17-19-21-23-25-30-34-38-41(44)45-39(36-32-28-26-29-33-37-40(42)43)35-31-27-24-22-20-18-16-14-12-10-8-6-4-2/h9,11,15,17,39H,3-8,10,12-14,16,18-38H2,1-2H3,(H,42,43)/b11-9-,17-15-. The summed E-state index contributed by atoms with van der Waals surface area (Å²) in [6, 6.07) is 0. The van der Waals surface area contributed by atoms with E-state index in [1.54, 1.807) is 0 Å². The van der Waals surface area contributed by atoms with Crippen LogP contribution in [0.1, 0.15) is 219 Å². The number of unbranched alkanes of at least 4 members (excludes halogenated alkanes) is 23. The van der Waals surface area contributed by atoms with Crippen molar-refractivity contribution >= 4 is 11.9 Å². The molecule has 0 aliphatic heterocycles. The molecule has 0 fully saturated rings. The molecule has 0 aromatic carbocycles. The van der Waals surface area contributed by atoms with E-state index < -0.39 is 5.97 Å². The summed E-state index contributed by atoms with van der Waals surface area (Å²) in [6.45, 7) is 4.51. The van der Waals surface area contributed by atoms with Crippen LogP contribution in [0.4, 0.5) is 0 Å². The van der Waals surface area contributed by atoms with Crippen LogP contribution in [0.3, 0.4) is 0 Å². The lowest BCUT2D eigenvalue weighted by Gasteiger charge is -2.18. The van der Waals surface area contributed by atoms with Gasteiger partial charge in [-0.1, -0.05) is 167 Å². The molecule has 0 heterocycles. The van der Waals surface area contributed by atoms with Crippen LogP contribution < -0.4 is 0 Å². The second-order valence-electron chi connectivity index (χ2n) is 13.5. The van der Waals surface area contributed by atoms with Crippen molar-refractivity contribution < 1.29 is 19.4 Å². The molecule has 0 aliphatic carbocycles. The van der Waals surface area contributed by atoms with Crippen molar-refractivity contribution in [3.8, 4) is 0 Å². The lowest BCUT2D eigenvalue weighted by atomic mass is 10.0. The fourth-order valence-corrected chi connectivity index (χ4v) is 5.97. The average Bonchev–Trinajstić information content (AvgIpc) is 3.02. The van der Waals surface area contributed by atoms with Gasteiger partial charge >= 0.3 is 11.9 Å². The van der Waals surface area contributed by atoms with E-state index in [2.05, 4.69) is 38.2 Å². The van der Waals surface area contributed by atoms with Gasteiger partial charge in [0.25, 0.3) is 0 Å². The second kappa shape index (κ2) is 36.9. The molecule has 0 amide bonds. The molecule has 0 rings (SSSR count). The van der Waals surface area contributed by atoms with Crippen molar-refractivity contribution in [2.75, 3.05) is 0 Å². The maximum Gasteiger partial charge on any atom is 0.306 e. The number of carboxylic acids is 1. The van der Waals surface area contributed by atoms with Gasteiger partial charge < -0.3 is 9.84 Å². The summed E-state index contributed by atoms with van der Waals surface area (Å²) in [5.41, 5.74) is 0. The fraction of sp³-hybridized carbons (Fsp3) is 0.854. The normalized spacial score (nSPS) is 12.4. The predicted molar refractivity (Wildman–Crippen MR) is 195 cm³/mol. The Morgan fingerprint density at radius 1 is 0.489 bits per heavy atom. The molecule has 0 aliphatic rings. The summed E-state index contributed by atoms with van der Waals surface area (Å²) in [6.07, 6.45) is 46.2. The maximum atomic E-state index is 12.7. The summed E-state index contributed by atoms with van der Waals surface area (Å²) in [5, 5.41) is 8.82. The minimum atomic E-state index is -0.700. The molecule has 4 heteroatoms. The van der Waals surface area contributed by atoms with E-state index in [0.29, 0.717) is 6.42 Å². The number of aliphatic carboxylic acids is 1. The molecule has 0 saturated heterocycles. The number of carbonyl (C=O) groups excluding carboxylic acids is 1. The monoisotopic (exact) mass is 633 g/mol. The molecule has 1 N–H and O–H groups in total. The molecule has 45 heavy (non-hydrogen) atoms. The highest BCUT2D eigenvalue weighted by atomic mass is 16.5. The zero-order chi connectivity index (χ0) is 32.9. The first kappa shape index (κ1) is 43.4. The molecule has 0 saturated carbocycles. The Kier molecular flexibility index (Phi) is 35.6. The molecular formula is C41H76O4. The molecule has 1 atom stereocenters. The van der Waals surface area contributed by atoms with Gasteiger partial charge in [0.15, 0.2) is 0 Å². The molecular weight excluding hydrogens is 556 g/mol. The van der Waals surface area contributed by atoms with E-state index in [1.807, 2.05) is 0 Å². The Labute approximate surface area is 280 Å². The number of carboxylic acid groups (broad SMARTS) is 1. The topological polar surface area (TPSA) is 63.6 Å². The van der Waals surface area contributed by atoms with E-state index in [4.69, 9.17) is 9.84 Å². The Morgan fingerprint density at radius 3 is 1.38 bits per heavy atom. The van der Waals surface area contributed by atoms with Crippen LogP contribution in [0.15, 0.2) is 24.3 Å². The second-order valence-corrected chi connectivity index (χ2v) is 13.5. The highest BCUT2D eigenvalue weighted by Gasteiger charge is 2.14. The van der Waals surface area contributed by atoms with Gasteiger partial charge in [0.05, 0.1) is 0 Å². The van der Waals surface area contributed by atoms with Gasteiger partial charge in [-0.05, 0) is 64.2 Å². The summed E-state index contributed by atoms with van der Waals surface area (Å²) in [7, 11) is 0. The minimum Gasteiger partial charge on any atom is -0.481 e. The molecule has 4 nitrogen and oxygen atoms in total. The van der Waals surface area contributed by atoms with Gasteiger partial charge in [-0.2, -0.15) is 0 Å². The van der Waals surface area contributed by atoms with E-state index in [0.717, 1.165) is 77.0 Å². The predicted octanol–water partition coefficient (Wildman–Crippen LogP) is 13.6. The minimum absolute atomic E-state index is 0.00826. The fourth-order valence-electron chi connectivity index (χ4n) is 5.97. The van der Waals surface area contributed by atoms with Crippen LogP contribution in [0.25, 0.3) is 0 Å². The zero-order valence-electron chi connectivity index (χ0n) is 30.2. The van der Waals surface area contributed by atoms with Crippen molar-refractivity contribution in [3.63, 3.8) is 0 Å². The first-order valence-electron chi connectivity index (χ1n) is 19.8. The largest absolute Gasteiger partial charge is 0.481 e. The van der Waals surface area contributed by atoms with Crippen molar-refractivity contribution in [3.05, 3.63) is 24.3 Å². The van der Waals surface area contributed by atoms with E-state index in [-0.39, 0.29) is 18.5 Å². The third kappa shape index (κ3) is 36.8. The molecule has 264 valence electrons. The van der Waals surface area contributed by atoms with Gasteiger partial charge in [-0.15, -0.1) is 0 Å². The highest BCUT2D eigenvalue weighted by molar-refractivity contribution is 5.69. The van der Waals surface area contributed by atoms with Crippen molar-refractivity contribution in [1.82, 2.24) is 0 Å². The van der Waals surface area contributed by atoms with Gasteiger partial charge in [0, 0.05) is 12.8 Å². The summed E-state index contributed by atoms with van der Waals surface area (Å²) in [5.74, 6) is -0.709. The lowest BCUT2D eigenvalue weighted by molar-refractivity contribution is -0.150. The number of carbonyl (C=O) groups is 2. The van der Waals surface area contributed by atoms with Crippen LogP contribution in [0.5, 0.6) is 0 Å². The molecule has 0 spiro atoms. The van der Waals surface area contributed by atoms with E-state index in [1.165, 1.54) is 116 Å². The average molecular weight is 633 g/mol. The Hall–Kier alpha value is -1.58. The highest BCUT2D eigenvalue weighted by Crippen LogP contribution is 2.19. The number of hydrogen-bond acceptors (Lipinski definition) is 3. The zero-order valence-corrected chi connectivity index (χ0v) is 30.2. The quantitative estimate of drug-likeness (QED) is 0.0424. The molecule has 1 unspecified atom stereocenters. The van der Waals surface area contributed by atoms with Gasteiger partial charge in [-0.3, -0.25) is 9.59 Å². The van der Waals surface area contributed by atoms with E-state index >= 15 is 0 Å². The number of allylic oxidation sites excluding steroid dienone is 4. The van der Waals surface area contributed by atoms with Gasteiger partial charge in [-0.25, -0.2) is 0 Å². The smallest absolute Gasteiger partial charge is 0.306 e. The first-order chi connectivity index (χ1) is 22.1. The first-order valence-corrected chi connectivity index (χ1v) is 19.8. The molecule has 0 aromatic rings. The van der Waals surface area contributed by atoms with Crippen LogP contribution in [-0.4, -0.2) is 23.1 Å².